The molecule has 3 aromatic rings. The number of phenols is 1. The minimum absolute atomic E-state index is 0.207. The maximum absolute atomic E-state index is 9.29. The molecule has 0 saturated carbocycles. The van der Waals surface area contributed by atoms with Crippen LogP contribution in [0.5, 0.6) is 5.75 Å². The molecule has 0 unspecified atom stereocenters. The zero-order chi connectivity index (χ0) is 12.5. The third-order valence-electron chi connectivity index (χ3n) is 2.60. The van der Waals surface area contributed by atoms with Crippen LogP contribution < -0.4 is 5.73 Å². The van der Waals surface area contributed by atoms with Crippen LogP contribution in [-0.2, 0) is 0 Å². The molecule has 0 radical (unpaired) electrons. The molecule has 0 amide bonds. The number of nitrogen functional groups attached to an aromatic ring is 1. The highest BCUT2D eigenvalue weighted by Crippen LogP contribution is 2.25. The average molecular weight is 241 g/mol. The Kier molecular flexibility index (Phi) is 2.30. The largest absolute Gasteiger partial charge is 0.508 e. The lowest BCUT2D eigenvalue weighted by Crippen LogP contribution is -1.98. The summed E-state index contributed by atoms with van der Waals surface area (Å²) in [4.78, 5) is 0. The fourth-order valence-electron chi connectivity index (χ4n) is 1.79. The Morgan fingerprint density at radius 1 is 1.17 bits per heavy atom. The van der Waals surface area contributed by atoms with Crippen molar-refractivity contribution in [1.82, 2.24) is 9.78 Å². The fraction of sp³-hybridized carbons (Fsp3) is 0. The van der Waals surface area contributed by atoms with Gasteiger partial charge in [-0.1, -0.05) is 0 Å². The maximum atomic E-state index is 9.29. The van der Waals surface area contributed by atoms with Crippen LogP contribution in [0.15, 0.2) is 53.1 Å². The van der Waals surface area contributed by atoms with Crippen LogP contribution in [0.4, 0.5) is 5.82 Å². The van der Waals surface area contributed by atoms with Gasteiger partial charge in [0.15, 0.2) is 5.76 Å². The predicted molar refractivity (Wildman–Crippen MR) is 67.3 cm³/mol. The number of nitrogens with zero attached hydrogens (tertiary/aromatic N) is 2. The summed E-state index contributed by atoms with van der Waals surface area (Å²) in [7, 11) is 0. The molecule has 2 heterocycles. The van der Waals surface area contributed by atoms with E-state index in [0.29, 0.717) is 11.6 Å². The maximum Gasteiger partial charge on any atom is 0.152 e. The summed E-state index contributed by atoms with van der Waals surface area (Å²) in [5.41, 5.74) is 7.30. The van der Waals surface area contributed by atoms with E-state index in [-0.39, 0.29) is 5.75 Å². The van der Waals surface area contributed by atoms with E-state index in [0.717, 1.165) is 11.4 Å². The number of aromatic hydroxyl groups is 1. The van der Waals surface area contributed by atoms with Gasteiger partial charge in [0, 0.05) is 6.07 Å². The number of furan rings is 1. The fourth-order valence-corrected chi connectivity index (χ4v) is 1.79. The standard InChI is InChI=1S/C13H11N3O2/c14-13-8-11(12-2-1-7-18-12)16(15-13)9-3-5-10(17)6-4-9/h1-8,17H,(H2,14,15). The highest BCUT2D eigenvalue weighted by Gasteiger charge is 2.12. The molecule has 0 atom stereocenters. The van der Waals surface area contributed by atoms with Crippen LogP contribution in [0, 0.1) is 0 Å². The summed E-state index contributed by atoms with van der Waals surface area (Å²) in [5.74, 6) is 1.31. The van der Waals surface area contributed by atoms with Gasteiger partial charge in [0.1, 0.15) is 17.3 Å². The summed E-state index contributed by atoms with van der Waals surface area (Å²) in [6.07, 6.45) is 1.60. The van der Waals surface area contributed by atoms with Crippen molar-refractivity contribution in [3.8, 4) is 22.9 Å². The van der Waals surface area contributed by atoms with Gasteiger partial charge < -0.3 is 15.3 Å². The molecule has 0 aliphatic heterocycles. The Labute approximate surface area is 103 Å². The Morgan fingerprint density at radius 2 is 1.94 bits per heavy atom. The van der Waals surface area contributed by atoms with E-state index in [2.05, 4.69) is 5.10 Å². The van der Waals surface area contributed by atoms with E-state index in [4.69, 9.17) is 10.2 Å². The lowest BCUT2D eigenvalue weighted by Gasteiger charge is -2.05. The van der Waals surface area contributed by atoms with Crippen molar-refractivity contribution < 1.29 is 9.52 Å². The molecular formula is C13H11N3O2. The lowest BCUT2D eigenvalue weighted by molar-refractivity contribution is 0.475. The number of phenolic OH excluding ortho intramolecular Hbond substituents is 1. The van der Waals surface area contributed by atoms with Gasteiger partial charge in [-0.05, 0) is 36.4 Å². The number of benzene rings is 1. The van der Waals surface area contributed by atoms with E-state index >= 15 is 0 Å². The van der Waals surface area contributed by atoms with Gasteiger partial charge in [-0.25, -0.2) is 4.68 Å². The number of hydrogen-bond donors (Lipinski definition) is 2. The van der Waals surface area contributed by atoms with E-state index in [1.807, 2.05) is 6.07 Å². The van der Waals surface area contributed by atoms with Crippen LogP contribution >= 0.6 is 0 Å². The Balaban J connectivity index is 2.15. The van der Waals surface area contributed by atoms with E-state index in [1.165, 1.54) is 0 Å². The monoisotopic (exact) mass is 241 g/mol. The third kappa shape index (κ3) is 1.71. The smallest absolute Gasteiger partial charge is 0.152 e. The van der Waals surface area contributed by atoms with Crippen LogP contribution in [0.1, 0.15) is 0 Å². The van der Waals surface area contributed by atoms with E-state index < -0.39 is 0 Å². The Bertz CT molecular complexity index is 654. The first-order valence-corrected chi connectivity index (χ1v) is 5.43. The molecule has 0 aliphatic rings. The lowest BCUT2D eigenvalue weighted by atomic mass is 10.2. The molecule has 0 saturated heterocycles. The molecule has 0 aliphatic carbocycles. The summed E-state index contributed by atoms with van der Waals surface area (Å²) in [6.45, 7) is 0. The summed E-state index contributed by atoms with van der Waals surface area (Å²) in [6, 6.07) is 12.1. The Morgan fingerprint density at radius 3 is 2.61 bits per heavy atom. The number of rotatable bonds is 2. The minimum Gasteiger partial charge on any atom is -0.508 e. The molecule has 1 aromatic carbocycles. The van der Waals surface area contributed by atoms with Crippen molar-refractivity contribution in [2.24, 2.45) is 0 Å². The summed E-state index contributed by atoms with van der Waals surface area (Å²) < 4.78 is 7.03. The predicted octanol–water partition coefficient (Wildman–Crippen LogP) is 2.42. The van der Waals surface area contributed by atoms with Gasteiger partial charge in [0.05, 0.1) is 12.0 Å². The molecule has 3 N–H and O–H groups in total. The van der Waals surface area contributed by atoms with Gasteiger partial charge in [-0.2, -0.15) is 0 Å². The SMILES string of the molecule is Nc1cc(-c2ccco2)n(-c2ccc(O)cc2)n1. The quantitative estimate of drug-likeness (QED) is 0.722. The van der Waals surface area contributed by atoms with Crippen molar-refractivity contribution in [3.05, 3.63) is 48.7 Å². The molecule has 0 bridgehead atoms. The number of anilines is 1. The zero-order valence-corrected chi connectivity index (χ0v) is 9.45. The van der Waals surface area contributed by atoms with Crippen molar-refractivity contribution in [2.75, 3.05) is 5.73 Å². The number of hydrogen-bond acceptors (Lipinski definition) is 4. The second-order valence-electron chi connectivity index (χ2n) is 3.86. The van der Waals surface area contributed by atoms with Crippen LogP contribution in [-0.4, -0.2) is 14.9 Å². The molecule has 0 spiro atoms. The molecule has 2 aromatic heterocycles. The molecule has 90 valence electrons. The van der Waals surface area contributed by atoms with E-state index in [9.17, 15) is 5.11 Å². The van der Waals surface area contributed by atoms with Gasteiger partial charge in [-0.3, -0.25) is 0 Å². The van der Waals surface area contributed by atoms with Crippen LogP contribution in [0.25, 0.3) is 17.1 Å². The van der Waals surface area contributed by atoms with Crippen molar-refractivity contribution in [2.45, 2.75) is 0 Å². The second-order valence-corrected chi connectivity index (χ2v) is 3.86. The summed E-state index contributed by atoms with van der Waals surface area (Å²) in [5, 5.41) is 13.5. The van der Waals surface area contributed by atoms with Crippen LogP contribution in [0.2, 0.25) is 0 Å². The molecule has 0 fully saturated rings. The van der Waals surface area contributed by atoms with E-state index in [1.54, 1.807) is 47.3 Å². The zero-order valence-electron chi connectivity index (χ0n) is 9.45. The van der Waals surface area contributed by atoms with Crippen molar-refractivity contribution >= 4 is 5.82 Å². The van der Waals surface area contributed by atoms with Crippen LogP contribution in [0.3, 0.4) is 0 Å². The average Bonchev–Trinajstić information content (AvgIpc) is 2.98. The molecule has 5 nitrogen and oxygen atoms in total. The molecule has 5 heteroatoms. The normalized spacial score (nSPS) is 10.7. The summed E-state index contributed by atoms with van der Waals surface area (Å²) >= 11 is 0. The van der Waals surface area contributed by atoms with Gasteiger partial charge in [0.2, 0.25) is 0 Å². The van der Waals surface area contributed by atoms with Gasteiger partial charge in [-0.15, -0.1) is 5.10 Å². The molecule has 3 rings (SSSR count). The molecular weight excluding hydrogens is 230 g/mol. The first-order chi connectivity index (χ1) is 8.74. The Hall–Kier alpha value is -2.69. The first kappa shape index (κ1) is 10.5. The first-order valence-electron chi connectivity index (χ1n) is 5.43. The van der Waals surface area contributed by atoms with Gasteiger partial charge >= 0.3 is 0 Å². The second kappa shape index (κ2) is 3.96. The number of nitrogens with two attached hydrogens (primary N) is 1. The van der Waals surface area contributed by atoms with Crippen molar-refractivity contribution in [1.29, 1.82) is 0 Å². The number of aromatic nitrogens is 2. The topological polar surface area (TPSA) is 77.2 Å². The molecule has 18 heavy (non-hydrogen) atoms. The van der Waals surface area contributed by atoms with Gasteiger partial charge in [0.25, 0.3) is 0 Å². The highest BCUT2D eigenvalue weighted by atomic mass is 16.3. The highest BCUT2D eigenvalue weighted by molar-refractivity contribution is 5.60. The third-order valence-corrected chi connectivity index (χ3v) is 2.60. The van der Waals surface area contributed by atoms with Crippen molar-refractivity contribution in [3.63, 3.8) is 0 Å². The minimum atomic E-state index is 0.207.